The van der Waals surface area contributed by atoms with Crippen LogP contribution in [0.4, 0.5) is 5.69 Å². The van der Waals surface area contributed by atoms with Gasteiger partial charge in [-0.2, -0.15) is 0 Å². The van der Waals surface area contributed by atoms with Gasteiger partial charge in [-0.25, -0.2) is 4.98 Å². The van der Waals surface area contributed by atoms with Gasteiger partial charge >= 0.3 is 0 Å². The van der Waals surface area contributed by atoms with Crippen LogP contribution in [-0.4, -0.2) is 4.98 Å². The second-order valence-electron chi connectivity index (χ2n) is 4.36. The summed E-state index contributed by atoms with van der Waals surface area (Å²) < 4.78 is 11.4. The molecule has 3 rings (SSSR count). The lowest BCUT2D eigenvalue weighted by Crippen LogP contribution is -1.98. The Balaban J connectivity index is 1.75. The van der Waals surface area contributed by atoms with Crippen molar-refractivity contribution in [2.75, 3.05) is 5.73 Å². The molecule has 0 fully saturated rings. The van der Waals surface area contributed by atoms with Crippen molar-refractivity contribution in [3.63, 3.8) is 0 Å². The van der Waals surface area contributed by atoms with Gasteiger partial charge in [0.2, 0.25) is 5.89 Å². The molecule has 20 heavy (non-hydrogen) atoms. The topological polar surface area (TPSA) is 61.3 Å². The van der Waals surface area contributed by atoms with E-state index in [-0.39, 0.29) is 0 Å². The monoisotopic (exact) mass is 286 g/mol. The number of rotatable bonds is 4. The van der Waals surface area contributed by atoms with Crippen molar-refractivity contribution in [1.82, 2.24) is 4.98 Å². The highest BCUT2D eigenvalue weighted by molar-refractivity contribution is 7.13. The molecule has 0 saturated heterocycles. The first-order valence-electron chi connectivity index (χ1n) is 6.21. The fourth-order valence-electron chi connectivity index (χ4n) is 1.82. The lowest BCUT2D eigenvalue weighted by Gasteiger charge is -2.04. The number of anilines is 1. The van der Waals surface area contributed by atoms with Crippen LogP contribution in [0.5, 0.6) is 5.75 Å². The summed E-state index contributed by atoms with van der Waals surface area (Å²) in [6, 6.07) is 11.3. The predicted molar refractivity (Wildman–Crippen MR) is 79.7 cm³/mol. The van der Waals surface area contributed by atoms with E-state index in [0.717, 1.165) is 22.1 Å². The standard InChI is InChI=1S/C15H14N2O2S/c1-10-13(9-18-12-5-2-4-11(16)8-12)17-15(19-10)14-6-3-7-20-14/h2-8H,9,16H2,1H3. The molecular formula is C15H14N2O2S. The number of thiophene rings is 1. The van der Waals surface area contributed by atoms with E-state index >= 15 is 0 Å². The van der Waals surface area contributed by atoms with Crippen LogP contribution in [0, 0.1) is 6.92 Å². The van der Waals surface area contributed by atoms with E-state index < -0.39 is 0 Å². The maximum atomic E-state index is 5.71. The number of hydrogen-bond acceptors (Lipinski definition) is 5. The van der Waals surface area contributed by atoms with Crippen LogP contribution in [0.25, 0.3) is 10.8 Å². The molecule has 3 aromatic rings. The molecule has 4 nitrogen and oxygen atoms in total. The van der Waals surface area contributed by atoms with E-state index in [1.165, 1.54) is 0 Å². The van der Waals surface area contributed by atoms with Crippen molar-refractivity contribution in [3.8, 4) is 16.5 Å². The van der Waals surface area contributed by atoms with Crippen LogP contribution >= 0.6 is 11.3 Å². The Morgan fingerprint density at radius 2 is 2.20 bits per heavy atom. The molecular weight excluding hydrogens is 272 g/mol. The van der Waals surface area contributed by atoms with Gasteiger partial charge in [-0.3, -0.25) is 0 Å². The van der Waals surface area contributed by atoms with Crippen LogP contribution in [0.1, 0.15) is 11.5 Å². The van der Waals surface area contributed by atoms with Gasteiger partial charge in [-0.05, 0) is 30.5 Å². The highest BCUT2D eigenvalue weighted by atomic mass is 32.1. The molecule has 0 aliphatic carbocycles. The van der Waals surface area contributed by atoms with E-state index in [2.05, 4.69) is 4.98 Å². The Morgan fingerprint density at radius 1 is 1.30 bits per heavy atom. The molecule has 0 aliphatic rings. The Morgan fingerprint density at radius 3 is 2.95 bits per heavy atom. The molecule has 102 valence electrons. The number of aryl methyl sites for hydroxylation is 1. The Labute approximate surface area is 120 Å². The summed E-state index contributed by atoms with van der Waals surface area (Å²) in [5.41, 5.74) is 7.19. The second kappa shape index (κ2) is 5.38. The third kappa shape index (κ3) is 2.67. The number of oxazole rings is 1. The van der Waals surface area contributed by atoms with E-state index in [0.29, 0.717) is 18.2 Å². The van der Waals surface area contributed by atoms with Gasteiger partial charge in [0, 0.05) is 11.8 Å². The SMILES string of the molecule is Cc1oc(-c2cccs2)nc1COc1cccc(N)c1. The normalized spacial score (nSPS) is 10.7. The fourth-order valence-corrected chi connectivity index (χ4v) is 2.47. The molecule has 2 heterocycles. The summed E-state index contributed by atoms with van der Waals surface area (Å²) in [7, 11) is 0. The van der Waals surface area contributed by atoms with Gasteiger partial charge in [0.05, 0.1) is 4.88 Å². The highest BCUT2D eigenvalue weighted by Crippen LogP contribution is 2.26. The first-order valence-corrected chi connectivity index (χ1v) is 7.09. The van der Waals surface area contributed by atoms with Gasteiger partial charge in [0.25, 0.3) is 0 Å². The van der Waals surface area contributed by atoms with Crippen LogP contribution in [0.15, 0.2) is 46.2 Å². The molecule has 0 aliphatic heterocycles. The molecule has 1 aromatic carbocycles. The quantitative estimate of drug-likeness (QED) is 0.739. The van der Waals surface area contributed by atoms with Crippen molar-refractivity contribution in [2.45, 2.75) is 13.5 Å². The zero-order valence-electron chi connectivity index (χ0n) is 11.0. The summed E-state index contributed by atoms with van der Waals surface area (Å²) in [5, 5.41) is 2.00. The number of nitrogens with two attached hydrogens (primary N) is 1. The number of nitrogens with zero attached hydrogens (tertiary/aromatic N) is 1. The van der Waals surface area contributed by atoms with Gasteiger partial charge < -0.3 is 14.9 Å². The van der Waals surface area contributed by atoms with E-state index in [4.69, 9.17) is 14.9 Å². The Kier molecular flexibility index (Phi) is 3.43. The molecule has 0 atom stereocenters. The summed E-state index contributed by atoms with van der Waals surface area (Å²) in [4.78, 5) is 5.49. The third-order valence-corrected chi connectivity index (χ3v) is 3.72. The zero-order valence-corrected chi connectivity index (χ0v) is 11.8. The highest BCUT2D eigenvalue weighted by Gasteiger charge is 2.12. The summed E-state index contributed by atoms with van der Waals surface area (Å²) >= 11 is 1.60. The lowest BCUT2D eigenvalue weighted by atomic mass is 10.3. The largest absolute Gasteiger partial charge is 0.487 e. The minimum Gasteiger partial charge on any atom is -0.487 e. The van der Waals surface area contributed by atoms with Gasteiger partial charge in [0.1, 0.15) is 23.8 Å². The van der Waals surface area contributed by atoms with Crippen molar-refractivity contribution >= 4 is 17.0 Å². The van der Waals surface area contributed by atoms with E-state index in [1.807, 2.05) is 42.6 Å². The molecule has 2 N–H and O–H groups in total. The number of hydrogen-bond donors (Lipinski definition) is 1. The second-order valence-corrected chi connectivity index (χ2v) is 5.31. The lowest BCUT2D eigenvalue weighted by molar-refractivity contribution is 0.299. The van der Waals surface area contributed by atoms with Crippen LogP contribution in [0.3, 0.4) is 0 Å². The summed E-state index contributed by atoms with van der Waals surface area (Å²) in [5.74, 6) is 2.14. The average molecular weight is 286 g/mol. The molecule has 0 unspecified atom stereocenters. The van der Waals surface area contributed by atoms with Crippen molar-refractivity contribution < 1.29 is 9.15 Å². The minimum absolute atomic E-state index is 0.365. The summed E-state index contributed by atoms with van der Waals surface area (Å²) in [6.45, 7) is 2.26. The van der Waals surface area contributed by atoms with Crippen LogP contribution < -0.4 is 10.5 Å². The molecule has 2 aromatic heterocycles. The smallest absolute Gasteiger partial charge is 0.236 e. The average Bonchev–Trinajstić information content (AvgIpc) is 3.06. The molecule has 5 heteroatoms. The van der Waals surface area contributed by atoms with Gasteiger partial charge in [-0.1, -0.05) is 12.1 Å². The van der Waals surface area contributed by atoms with Crippen molar-refractivity contribution in [3.05, 3.63) is 53.2 Å². The van der Waals surface area contributed by atoms with Gasteiger partial charge in [-0.15, -0.1) is 11.3 Å². The summed E-state index contributed by atoms with van der Waals surface area (Å²) in [6.07, 6.45) is 0. The van der Waals surface area contributed by atoms with Crippen molar-refractivity contribution in [2.24, 2.45) is 0 Å². The molecule has 0 spiro atoms. The fraction of sp³-hybridized carbons (Fsp3) is 0.133. The zero-order chi connectivity index (χ0) is 13.9. The number of aromatic nitrogens is 1. The maximum Gasteiger partial charge on any atom is 0.236 e. The maximum absolute atomic E-state index is 5.71. The van der Waals surface area contributed by atoms with Gasteiger partial charge in [0.15, 0.2) is 0 Å². The van der Waals surface area contributed by atoms with E-state index in [9.17, 15) is 0 Å². The predicted octanol–water partition coefficient (Wildman–Crippen LogP) is 3.87. The number of benzene rings is 1. The molecule has 0 saturated carbocycles. The first kappa shape index (κ1) is 12.7. The Bertz CT molecular complexity index is 704. The number of nitrogen functional groups attached to an aromatic ring is 1. The van der Waals surface area contributed by atoms with Crippen molar-refractivity contribution in [1.29, 1.82) is 0 Å². The minimum atomic E-state index is 0.365. The van der Waals surface area contributed by atoms with Crippen LogP contribution in [-0.2, 0) is 6.61 Å². The molecule has 0 amide bonds. The van der Waals surface area contributed by atoms with Crippen LogP contribution in [0.2, 0.25) is 0 Å². The van der Waals surface area contributed by atoms with E-state index in [1.54, 1.807) is 17.4 Å². The third-order valence-electron chi connectivity index (χ3n) is 2.86. The molecule has 0 radical (unpaired) electrons. The number of ether oxygens (including phenoxy) is 1. The molecule has 0 bridgehead atoms. The Hall–Kier alpha value is -2.27. The first-order chi connectivity index (χ1) is 9.72.